The highest BCUT2D eigenvalue weighted by Crippen LogP contribution is 2.46. The van der Waals surface area contributed by atoms with Crippen LogP contribution in [0, 0.1) is 0 Å². The molecule has 23 heavy (non-hydrogen) atoms. The van der Waals surface area contributed by atoms with Gasteiger partial charge in [-0.1, -0.05) is 13.8 Å². The molecule has 0 atom stereocenters. The number of pyridine rings is 1. The van der Waals surface area contributed by atoms with Crippen molar-refractivity contribution in [3.63, 3.8) is 0 Å². The molecule has 0 aliphatic rings. The van der Waals surface area contributed by atoms with Crippen molar-refractivity contribution in [1.82, 2.24) is 4.98 Å². The van der Waals surface area contributed by atoms with Crippen LogP contribution in [-0.2, 0) is 4.79 Å². The molecule has 132 valence electrons. The van der Waals surface area contributed by atoms with E-state index in [2.05, 4.69) is 36.8 Å². The summed E-state index contributed by atoms with van der Waals surface area (Å²) in [5.41, 5.74) is -0.452. The van der Waals surface area contributed by atoms with E-state index in [1.165, 1.54) is 5.32 Å². The minimum absolute atomic E-state index is 0.0260. The van der Waals surface area contributed by atoms with Gasteiger partial charge in [-0.15, -0.1) is 0 Å². The van der Waals surface area contributed by atoms with E-state index in [1.807, 2.05) is 13.8 Å². The highest BCUT2D eigenvalue weighted by Gasteiger charge is 2.76. The van der Waals surface area contributed by atoms with E-state index in [1.54, 1.807) is 0 Å². The number of hydrogen-bond acceptors (Lipinski definition) is 2. The van der Waals surface area contributed by atoms with E-state index < -0.39 is 29.6 Å². The lowest BCUT2D eigenvalue weighted by atomic mass is 10.1. The normalized spacial score (nSPS) is 12.3. The molecular weight excluding hydrogens is 469 g/mol. The Morgan fingerprint density at radius 1 is 1.00 bits per heavy atom. The SMILES string of the molecule is CC.O=C(Nc1cc(Br)nc(Br)c1)C(F)(F)C(F)(F)C(F)(F)F. The molecular formula is C11H9Br2F7N2O. The number of anilines is 1. The summed E-state index contributed by atoms with van der Waals surface area (Å²) >= 11 is 5.63. The summed E-state index contributed by atoms with van der Waals surface area (Å²) in [5, 5.41) is 1.27. The highest BCUT2D eigenvalue weighted by molar-refractivity contribution is 9.11. The maximum absolute atomic E-state index is 13.1. The summed E-state index contributed by atoms with van der Waals surface area (Å²) in [6.45, 7) is 4.00. The summed E-state index contributed by atoms with van der Waals surface area (Å²) in [7, 11) is 0. The Hall–Kier alpha value is -0.910. The van der Waals surface area contributed by atoms with Crippen LogP contribution in [0.3, 0.4) is 0 Å². The molecule has 0 radical (unpaired) electrons. The number of halogens is 9. The maximum atomic E-state index is 13.1. The summed E-state index contributed by atoms with van der Waals surface area (Å²) in [5.74, 6) is -15.3. The molecule has 1 N–H and O–H groups in total. The van der Waals surface area contributed by atoms with E-state index in [9.17, 15) is 35.5 Å². The predicted octanol–water partition coefficient (Wildman–Crippen LogP) is 5.40. The standard InChI is InChI=1S/C9H3Br2F7N2O.C2H6/c10-4-1-3(2-5(11)20-4)19-6(21)7(12,13)8(14,15)9(16,17)18;1-2/h1-2H,(H,19,20,21);1-2H3. The topological polar surface area (TPSA) is 42.0 Å². The third kappa shape index (κ3) is 5.03. The quantitative estimate of drug-likeness (QED) is 0.467. The van der Waals surface area contributed by atoms with Gasteiger partial charge < -0.3 is 5.32 Å². The van der Waals surface area contributed by atoms with Crippen LogP contribution in [0.15, 0.2) is 21.3 Å². The number of carbonyl (C=O) groups is 1. The fourth-order valence-electron chi connectivity index (χ4n) is 1.07. The van der Waals surface area contributed by atoms with Gasteiger partial charge in [0, 0.05) is 5.69 Å². The fourth-order valence-corrected chi connectivity index (χ4v) is 2.18. The third-order valence-corrected chi connectivity index (χ3v) is 2.87. The van der Waals surface area contributed by atoms with Crippen LogP contribution >= 0.6 is 31.9 Å². The van der Waals surface area contributed by atoms with Gasteiger partial charge in [-0.25, -0.2) is 4.98 Å². The van der Waals surface area contributed by atoms with Gasteiger partial charge in [0.05, 0.1) is 0 Å². The zero-order chi connectivity index (χ0) is 18.6. The van der Waals surface area contributed by atoms with Crippen molar-refractivity contribution in [3.05, 3.63) is 21.3 Å². The van der Waals surface area contributed by atoms with Crippen LogP contribution in [0.4, 0.5) is 36.4 Å². The average molecular weight is 478 g/mol. The van der Waals surface area contributed by atoms with Crippen molar-refractivity contribution in [1.29, 1.82) is 0 Å². The first kappa shape index (κ1) is 22.1. The molecule has 1 heterocycles. The Morgan fingerprint density at radius 2 is 1.39 bits per heavy atom. The lowest BCUT2D eigenvalue weighted by Gasteiger charge is -2.27. The molecule has 3 nitrogen and oxygen atoms in total. The number of amides is 1. The number of nitrogens with zero attached hydrogens (tertiary/aromatic N) is 1. The number of alkyl halides is 7. The molecule has 0 aliphatic carbocycles. The number of hydrogen-bond donors (Lipinski definition) is 1. The van der Waals surface area contributed by atoms with Gasteiger partial charge in [0.15, 0.2) is 0 Å². The van der Waals surface area contributed by atoms with E-state index in [0.29, 0.717) is 0 Å². The average Bonchev–Trinajstić information content (AvgIpc) is 2.38. The van der Waals surface area contributed by atoms with Crippen molar-refractivity contribution in [2.24, 2.45) is 0 Å². The van der Waals surface area contributed by atoms with Crippen molar-refractivity contribution in [2.75, 3.05) is 5.32 Å². The molecule has 0 fully saturated rings. The van der Waals surface area contributed by atoms with Crippen molar-refractivity contribution < 1.29 is 35.5 Å². The monoisotopic (exact) mass is 476 g/mol. The van der Waals surface area contributed by atoms with Crippen LogP contribution in [0.25, 0.3) is 0 Å². The Morgan fingerprint density at radius 3 is 1.74 bits per heavy atom. The number of rotatable bonds is 3. The Labute approximate surface area is 142 Å². The molecule has 0 unspecified atom stereocenters. The van der Waals surface area contributed by atoms with Crippen LogP contribution in [0.5, 0.6) is 0 Å². The molecule has 0 aliphatic heterocycles. The zero-order valence-electron chi connectivity index (χ0n) is 11.4. The van der Waals surface area contributed by atoms with E-state index >= 15 is 0 Å². The molecule has 1 aromatic heterocycles. The molecule has 12 heteroatoms. The molecule has 0 saturated carbocycles. The van der Waals surface area contributed by atoms with Crippen molar-refractivity contribution in [3.8, 4) is 0 Å². The lowest BCUT2D eigenvalue weighted by molar-refractivity contribution is -0.343. The van der Waals surface area contributed by atoms with E-state index in [0.717, 1.165) is 12.1 Å². The smallest absolute Gasteiger partial charge is 0.320 e. The first-order valence-corrected chi connectivity index (χ1v) is 7.34. The predicted molar refractivity (Wildman–Crippen MR) is 75.6 cm³/mol. The molecule has 0 aromatic carbocycles. The first-order chi connectivity index (χ1) is 10.3. The fraction of sp³-hybridized carbons (Fsp3) is 0.455. The second kappa shape index (κ2) is 7.77. The van der Waals surface area contributed by atoms with Gasteiger partial charge >= 0.3 is 23.9 Å². The third-order valence-electron chi connectivity index (χ3n) is 2.06. The highest BCUT2D eigenvalue weighted by atomic mass is 79.9. The van der Waals surface area contributed by atoms with Gasteiger partial charge in [-0.2, -0.15) is 30.7 Å². The van der Waals surface area contributed by atoms with Gasteiger partial charge in [-0.3, -0.25) is 4.79 Å². The summed E-state index contributed by atoms with van der Waals surface area (Å²) in [4.78, 5) is 14.7. The van der Waals surface area contributed by atoms with E-state index in [-0.39, 0.29) is 9.21 Å². The van der Waals surface area contributed by atoms with Crippen LogP contribution in [0.1, 0.15) is 13.8 Å². The Bertz CT molecular complexity index is 544. The minimum atomic E-state index is -6.58. The Balaban J connectivity index is 0.00000232. The second-order valence-electron chi connectivity index (χ2n) is 3.60. The van der Waals surface area contributed by atoms with E-state index in [4.69, 9.17) is 0 Å². The molecule has 0 saturated heterocycles. The molecule has 1 aromatic rings. The van der Waals surface area contributed by atoms with Crippen LogP contribution in [0.2, 0.25) is 0 Å². The van der Waals surface area contributed by atoms with Gasteiger partial charge in [0.25, 0.3) is 0 Å². The maximum Gasteiger partial charge on any atom is 0.460 e. The largest absolute Gasteiger partial charge is 0.460 e. The van der Waals surface area contributed by atoms with Crippen LogP contribution < -0.4 is 5.32 Å². The summed E-state index contributed by atoms with van der Waals surface area (Å²) < 4.78 is 87.2. The first-order valence-electron chi connectivity index (χ1n) is 5.76. The number of nitrogens with one attached hydrogen (secondary N) is 1. The minimum Gasteiger partial charge on any atom is -0.320 e. The number of carbonyl (C=O) groups excluding carboxylic acids is 1. The lowest BCUT2D eigenvalue weighted by Crippen LogP contribution is -2.57. The second-order valence-corrected chi connectivity index (χ2v) is 5.23. The zero-order valence-corrected chi connectivity index (χ0v) is 14.6. The molecule has 1 rings (SSSR count). The van der Waals surface area contributed by atoms with Crippen molar-refractivity contribution in [2.45, 2.75) is 31.9 Å². The van der Waals surface area contributed by atoms with Crippen LogP contribution in [-0.4, -0.2) is 28.9 Å². The summed E-state index contributed by atoms with van der Waals surface area (Å²) in [6, 6.07) is 1.87. The molecule has 0 bridgehead atoms. The molecule has 1 amide bonds. The Kier molecular flexibility index (Phi) is 7.47. The van der Waals surface area contributed by atoms with Gasteiger partial charge in [-0.05, 0) is 44.0 Å². The number of aromatic nitrogens is 1. The van der Waals surface area contributed by atoms with Crippen molar-refractivity contribution >= 4 is 43.5 Å². The van der Waals surface area contributed by atoms with Gasteiger partial charge in [0.2, 0.25) is 0 Å². The summed E-state index contributed by atoms with van der Waals surface area (Å²) in [6.07, 6.45) is -6.58. The molecule has 0 spiro atoms. The van der Waals surface area contributed by atoms with Gasteiger partial charge in [0.1, 0.15) is 9.21 Å².